The Morgan fingerprint density at radius 3 is 2.11 bits per heavy atom. The molecular weight excluding hydrogens is 234 g/mol. The van der Waals surface area contributed by atoms with Gasteiger partial charge in [-0.1, -0.05) is 82.2 Å². The van der Waals surface area contributed by atoms with Crippen LogP contribution in [-0.4, -0.2) is 11.7 Å². The lowest BCUT2D eigenvalue weighted by Gasteiger charge is -2.27. The Balaban J connectivity index is 2.29. The Hall–Kier alpha value is -0.860. The van der Waals surface area contributed by atoms with Crippen LogP contribution >= 0.6 is 0 Å². The summed E-state index contributed by atoms with van der Waals surface area (Å²) in [7, 11) is 0. The SMILES string of the molecule is CCCCCCCCCC(O)(CN)c1ccccc1. The van der Waals surface area contributed by atoms with Gasteiger partial charge >= 0.3 is 0 Å². The monoisotopic (exact) mass is 263 g/mol. The van der Waals surface area contributed by atoms with E-state index in [1.807, 2.05) is 30.3 Å². The highest BCUT2D eigenvalue weighted by Crippen LogP contribution is 2.26. The smallest absolute Gasteiger partial charge is 0.102 e. The quantitative estimate of drug-likeness (QED) is 0.627. The standard InChI is InChI=1S/C17H29NO/c1-2-3-4-5-6-7-11-14-17(19,15-18)16-12-9-8-10-13-16/h8-10,12-13,19H,2-7,11,14-15,18H2,1H3. The molecule has 0 saturated carbocycles. The summed E-state index contributed by atoms with van der Waals surface area (Å²) in [6.07, 6.45) is 9.58. The van der Waals surface area contributed by atoms with E-state index in [0.29, 0.717) is 6.54 Å². The molecule has 0 bridgehead atoms. The molecule has 2 heteroatoms. The Morgan fingerprint density at radius 2 is 1.53 bits per heavy atom. The zero-order chi connectivity index (χ0) is 14.0. The first kappa shape index (κ1) is 16.2. The summed E-state index contributed by atoms with van der Waals surface area (Å²) in [5.41, 5.74) is 5.87. The molecule has 1 atom stereocenters. The van der Waals surface area contributed by atoms with Crippen molar-refractivity contribution in [3.05, 3.63) is 35.9 Å². The van der Waals surface area contributed by atoms with Crippen LogP contribution in [0.25, 0.3) is 0 Å². The van der Waals surface area contributed by atoms with Crippen molar-refractivity contribution in [1.29, 1.82) is 0 Å². The number of aliphatic hydroxyl groups is 1. The van der Waals surface area contributed by atoms with Gasteiger partial charge in [0.25, 0.3) is 0 Å². The summed E-state index contributed by atoms with van der Waals surface area (Å²) >= 11 is 0. The number of hydrogen-bond donors (Lipinski definition) is 2. The van der Waals surface area contributed by atoms with Crippen LogP contribution in [0.15, 0.2) is 30.3 Å². The van der Waals surface area contributed by atoms with Crippen LogP contribution in [0.3, 0.4) is 0 Å². The molecule has 108 valence electrons. The van der Waals surface area contributed by atoms with E-state index in [4.69, 9.17) is 5.73 Å². The minimum absolute atomic E-state index is 0.298. The van der Waals surface area contributed by atoms with Gasteiger partial charge in [-0.3, -0.25) is 0 Å². The zero-order valence-electron chi connectivity index (χ0n) is 12.3. The summed E-state index contributed by atoms with van der Waals surface area (Å²) in [6.45, 7) is 2.54. The van der Waals surface area contributed by atoms with Gasteiger partial charge < -0.3 is 10.8 Å². The van der Waals surface area contributed by atoms with E-state index in [1.54, 1.807) is 0 Å². The number of unbranched alkanes of at least 4 members (excludes halogenated alkanes) is 6. The molecule has 0 fully saturated rings. The van der Waals surface area contributed by atoms with Gasteiger partial charge in [-0.25, -0.2) is 0 Å². The maximum atomic E-state index is 10.6. The third-order valence-corrected chi connectivity index (χ3v) is 3.84. The van der Waals surface area contributed by atoms with Gasteiger partial charge in [0.1, 0.15) is 5.60 Å². The predicted molar refractivity (Wildman–Crippen MR) is 82.0 cm³/mol. The zero-order valence-corrected chi connectivity index (χ0v) is 12.3. The van der Waals surface area contributed by atoms with Crippen molar-refractivity contribution in [2.24, 2.45) is 5.73 Å². The number of hydrogen-bond acceptors (Lipinski definition) is 2. The molecule has 0 aliphatic rings. The summed E-state index contributed by atoms with van der Waals surface area (Å²) in [5.74, 6) is 0. The molecule has 0 saturated heterocycles. The Kier molecular flexibility index (Phi) is 7.76. The average molecular weight is 263 g/mol. The van der Waals surface area contributed by atoms with Crippen LogP contribution < -0.4 is 5.73 Å². The summed E-state index contributed by atoms with van der Waals surface area (Å²) < 4.78 is 0. The van der Waals surface area contributed by atoms with Crippen LogP contribution in [0.2, 0.25) is 0 Å². The fourth-order valence-electron chi connectivity index (χ4n) is 2.49. The second-order valence-corrected chi connectivity index (χ2v) is 5.47. The molecule has 1 aromatic carbocycles. The maximum absolute atomic E-state index is 10.6. The first-order chi connectivity index (χ1) is 9.23. The van der Waals surface area contributed by atoms with Crippen LogP contribution in [0.1, 0.15) is 63.9 Å². The molecule has 0 spiro atoms. The molecule has 0 aliphatic heterocycles. The highest BCUT2D eigenvalue weighted by molar-refractivity contribution is 5.22. The topological polar surface area (TPSA) is 46.2 Å². The Labute approximate surface area is 118 Å². The van der Waals surface area contributed by atoms with Crippen LogP contribution in [-0.2, 0) is 5.60 Å². The number of rotatable bonds is 10. The fraction of sp³-hybridized carbons (Fsp3) is 0.647. The van der Waals surface area contributed by atoms with E-state index < -0.39 is 5.60 Å². The molecule has 1 unspecified atom stereocenters. The van der Waals surface area contributed by atoms with Crippen molar-refractivity contribution in [3.63, 3.8) is 0 Å². The highest BCUT2D eigenvalue weighted by atomic mass is 16.3. The van der Waals surface area contributed by atoms with E-state index in [1.165, 1.54) is 38.5 Å². The molecule has 0 amide bonds. The number of benzene rings is 1. The van der Waals surface area contributed by atoms with E-state index in [0.717, 1.165) is 18.4 Å². The van der Waals surface area contributed by atoms with Crippen molar-refractivity contribution >= 4 is 0 Å². The van der Waals surface area contributed by atoms with Gasteiger partial charge in [-0.15, -0.1) is 0 Å². The highest BCUT2D eigenvalue weighted by Gasteiger charge is 2.26. The minimum atomic E-state index is -0.843. The van der Waals surface area contributed by atoms with Crippen molar-refractivity contribution in [3.8, 4) is 0 Å². The third-order valence-electron chi connectivity index (χ3n) is 3.84. The molecule has 0 aliphatic carbocycles. The molecule has 0 heterocycles. The van der Waals surface area contributed by atoms with Gasteiger partial charge in [0.2, 0.25) is 0 Å². The predicted octanol–water partition coefficient (Wildman–Crippen LogP) is 3.97. The molecular formula is C17H29NO. The lowest BCUT2D eigenvalue weighted by molar-refractivity contribution is 0.0339. The maximum Gasteiger partial charge on any atom is 0.102 e. The summed E-state index contributed by atoms with van der Waals surface area (Å²) in [6, 6.07) is 9.82. The molecule has 0 aromatic heterocycles. The Morgan fingerprint density at radius 1 is 0.947 bits per heavy atom. The molecule has 1 rings (SSSR count). The minimum Gasteiger partial charge on any atom is -0.384 e. The average Bonchev–Trinajstić information content (AvgIpc) is 2.47. The summed E-state index contributed by atoms with van der Waals surface area (Å²) in [4.78, 5) is 0. The largest absolute Gasteiger partial charge is 0.384 e. The second kappa shape index (κ2) is 9.11. The normalized spacial score (nSPS) is 14.3. The summed E-state index contributed by atoms with van der Waals surface area (Å²) in [5, 5.41) is 10.6. The van der Waals surface area contributed by atoms with Crippen molar-refractivity contribution in [2.45, 2.75) is 63.9 Å². The third kappa shape index (κ3) is 5.75. The van der Waals surface area contributed by atoms with E-state index in [-0.39, 0.29) is 0 Å². The second-order valence-electron chi connectivity index (χ2n) is 5.47. The lowest BCUT2D eigenvalue weighted by atomic mass is 9.88. The molecule has 19 heavy (non-hydrogen) atoms. The first-order valence-electron chi connectivity index (χ1n) is 7.71. The molecule has 2 nitrogen and oxygen atoms in total. The van der Waals surface area contributed by atoms with Crippen LogP contribution in [0, 0.1) is 0 Å². The van der Waals surface area contributed by atoms with Crippen LogP contribution in [0.5, 0.6) is 0 Å². The van der Waals surface area contributed by atoms with Crippen molar-refractivity contribution < 1.29 is 5.11 Å². The van der Waals surface area contributed by atoms with E-state index in [2.05, 4.69) is 6.92 Å². The van der Waals surface area contributed by atoms with Crippen molar-refractivity contribution in [1.82, 2.24) is 0 Å². The molecule has 3 N–H and O–H groups in total. The Bertz CT molecular complexity index is 325. The molecule has 1 aromatic rings. The van der Waals surface area contributed by atoms with Crippen LogP contribution in [0.4, 0.5) is 0 Å². The van der Waals surface area contributed by atoms with Gasteiger partial charge in [-0.05, 0) is 12.0 Å². The lowest BCUT2D eigenvalue weighted by Crippen LogP contribution is -2.34. The first-order valence-corrected chi connectivity index (χ1v) is 7.71. The molecule has 0 radical (unpaired) electrons. The van der Waals surface area contributed by atoms with Gasteiger partial charge in [-0.2, -0.15) is 0 Å². The van der Waals surface area contributed by atoms with Gasteiger partial charge in [0, 0.05) is 6.54 Å². The fourth-order valence-corrected chi connectivity index (χ4v) is 2.49. The van der Waals surface area contributed by atoms with E-state index in [9.17, 15) is 5.11 Å². The van der Waals surface area contributed by atoms with Gasteiger partial charge in [0.15, 0.2) is 0 Å². The van der Waals surface area contributed by atoms with Crippen molar-refractivity contribution in [2.75, 3.05) is 6.54 Å². The van der Waals surface area contributed by atoms with E-state index >= 15 is 0 Å². The number of nitrogens with two attached hydrogens (primary N) is 1. The van der Waals surface area contributed by atoms with Gasteiger partial charge in [0.05, 0.1) is 0 Å².